The van der Waals surface area contributed by atoms with Gasteiger partial charge in [-0.3, -0.25) is 19.3 Å². The SMILES string of the molecule is O=C(CCn1ccc(=O)[nH]c1=O)Nc1cnn(C2CCOC2)c1. The minimum absolute atomic E-state index is 0.115. The van der Waals surface area contributed by atoms with E-state index in [1.807, 2.05) is 0 Å². The molecule has 3 heterocycles. The van der Waals surface area contributed by atoms with Crippen LogP contribution in [0.3, 0.4) is 0 Å². The molecule has 9 nitrogen and oxygen atoms in total. The largest absolute Gasteiger partial charge is 0.379 e. The summed E-state index contributed by atoms with van der Waals surface area (Å²) in [6, 6.07) is 1.45. The highest BCUT2D eigenvalue weighted by atomic mass is 16.5. The number of amides is 1. The molecule has 1 fully saturated rings. The van der Waals surface area contributed by atoms with Crippen LogP contribution < -0.4 is 16.6 Å². The lowest BCUT2D eigenvalue weighted by atomic mass is 10.3. The number of nitrogens with one attached hydrogen (secondary N) is 2. The van der Waals surface area contributed by atoms with Gasteiger partial charge in [0.05, 0.1) is 24.5 Å². The smallest absolute Gasteiger partial charge is 0.328 e. The van der Waals surface area contributed by atoms with Gasteiger partial charge in [-0.15, -0.1) is 0 Å². The second-order valence-corrected chi connectivity index (χ2v) is 5.33. The van der Waals surface area contributed by atoms with Crippen LogP contribution in [-0.4, -0.2) is 38.5 Å². The minimum atomic E-state index is -0.528. The molecule has 1 unspecified atom stereocenters. The highest BCUT2D eigenvalue weighted by Crippen LogP contribution is 2.19. The number of rotatable bonds is 5. The van der Waals surface area contributed by atoms with Gasteiger partial charge < -0.3 is 14.6 Å². The molecule has 1 aliphatic heterocycles. The van der Waals surface area contributed by atoms with Crippen molar-refractivity contribution in [3.05, 3.63) is 45.5 Å². The van der Waals surface area contributed by atoms with Crippen molar-refractivity contribution in [3.63, 3.8) is 0 Å². The van der Waals surface area contributed by atoms with Gasteiger partial charge in [-0.25, -0.2) is 4.79 Å². The maximum Gasteiger partial charge on any atom is 0.328 e. The predicted molar refractivity (Wildman–Crippen MR) is 81.3 cm³/mol. The van der Waals surface area contributed by atoms with Crippen LogP contribution in [0.2, 0.25) is 0 Å². The summed E-state index contributed by atoms with van der Waals surface area (Å²) in [5, 5.41) is 6.96. The molecule has 1 amide bonds. The van der Waals surface area contributed by atoms with E-state index in [0.29, 0.717) is 12.3 Å². The monoisotopic (exact) mass is 319 g/mol. The lowest BCUT2D eigenvalue weighted by Gasteiger charge is -2.07. The van der Waals surface area contributed by atoms with E-state index >= 15 is 0 Å². The summed E-state index contributed by atoms with van der Waals surface area (Å²) in [5.74, 6) is -0.231. The zero-order chi connectivity index (χ0) is 16.2. The van der Waals surface area contributed by atoms with E-state index in [-0.39, 0.29) is 24.9 Å². The quantitative estimate of drug-likeness (QED) is 0.787. The van der Waals surface area contributed by atoms with Crippen LogP contribution in [0.5, 0.6) is 0 Å². The summed E-state index contributed by atoms with van der Waals surface area (Å²) in [5.41, 5.74) is -0.380. The first-order valence-corrected chi connectivity index (χ1v) is 7.33. The molecule has 23 heavy (non-hydrogen) atoms. The molecule has 1 saturated heterocycles. The number of hydrogen-bond acceptors (Lipinski definition) is 5. The van der Waals surface area contributed by atoms with Crippen molar-refractivity contribution >= 4 is 11.6 Å². The van der Waals surface area contributed by atoms with E-state index in [1.165, 1.54) is 16.8 Å². The van der Waals surface area contributed by atoms with Gasteiger partial charge in [-0.05, 0) is 6.42 Å². The zero-order valence-electron chi connectivity index (χ0n) is 12.4. The molecule has 9 heteroatoms. The minimum Gasteiger partial charge on any atom is -0.379 e. The van der Waals surface area contributed by atoms with Crippen molar-refractivity contribution in [1.82, 2.24) is 19.3 Å². The van der Waals surface area contributed by atoms with Crippen molar-refractivity contribution < 1.29 is 9.53 Å². The summed E-state index contributed by atoms with van der Waals surface area (Å²) in [7, 11) is 0. The van der Waals surface area contributed by atoms with Gasteiger partial charge in [0, 0.05) is 38.0 Å². The molecule has 3 rings (SSSR count). The molecule has 2 N–H and O–H groups in total. The van der Waals surface area contributed by atoms with E-state index in [1.54, 1.807) is 17.1 Å². The number of ether oxygens (including phenoxy) is 1. The average molecular weight is 319 g/mol. The van der Waals surface area contributed by atoms with E-state index in [9.17, 15) is 14.4 Å². The standard InChI is InChI=1S/C14H17N5O4/c20-12(1-4-18-5-2-13(21)17-14(18)22)16-10-7-15-19(8-10)11-3-6-23-9-11/h2,5,7-8,11H,1,3-4,6,9H2,(H,16,20)(H,17,21,22). The molecule has 1 atom stereocenters. The van der Waals surface area contributed by atoms with Crippen LogP contribution in [0.25, 0.3) is 0 Å². The Kier molecular flexibility index (Phi) is 4.38. The van der Waals surface area contributed by atoms with Crippen molar-refractivity contribution in [1.29, 1.82) is 0 Å². The Hall–Kier alpha value is -2.68. The van der Waals surface area contributed by atoms with Gasteiger partial charge in [0.1, 0.15) is 0 Å². The van der Waals surface area contributed by atoms with Crippen LogP contribution in [0, 0.1) is 0 Å². The topological polar surface area (TPSA) is 111 Å². The second kappa shape index (κ2) is 6.61. The van der Waals surface area contributed by atoms with E-state index in [0.717, 1.165) is 13.0 Å². The van der Waals surface area contributed by atoms with Crippen molar-refractivity contribution in [3.8, 4) is 0 Å². The molecule has 122 valence electrons. The fourth-order valence-corrected chi connectivity index (χ4v) is 2.40. The third kappa shape index (κ3) is 3.75. The molecule has 0 saturated carbocycles. The molecular weight excluding hydrogens is 302 g/mol. The maximum atomic E-state index is 11.9. The molecule has 0 aliphatic carbocycles. The second-order valence-electron chi connectivity index (χ2n) is 5.33. The van der Waals surface area contributed by atoms with Crippen LogP contribution in [-0.2, 0) is 16.1 Å². The summed E-state index contributed by atoms with van der Waals surface area (Å²) < 4.78 is 8.37. The maximum absolute atomic E-state index is 11.9. The molecule has 1 aliphatic rings. The van der Waals surface area contributed by atoms with E-state index in [4.69, 9.17) is 4.74 Å². The Labute approximate surface area is 130 Å². The van der Waals surface area contributed by atoms with Gasteiger partial charge in [0.25, 0.3) is 5.56 Å². The summed E-state index contributed by atoms with van der Waals surface area (Å²) in [4.78, 5) is 36.6. The Bertz CT molecular complexity index is 800. The fourth-order valence-electron chi connectivity index (χ4n) is 2.40. The lowest BCUT2D eigenvalue weighted by molar-refractivity contribution is -0.116. The number of anilines is 1. The normalized spacial score (nSPS) is 17.3. The predicted octanol–water partition coefficient (Wildman–Crippen LogP) is -0.277. The number of carbonyl (C=O) groups excluding carboxylic acids is 1. The number of nitrogens with zero attached hydrogens (tertiary/aromatic N) is 3. The number of aromatic amines is 1. The highest BCUT2D eigenvalue weighted by molar-refractivity contribution is 5.90. The van der Waals surface area contributed by atoms with Gasteiger partial charge in [0.2, 0.25) is 5.91 Å². The Morgan fingerprint density at radius 2 is 2.35 bits per heavy atom. The molecule has 2 aromatic rings. The van der Waals surface area contributed by atoms with Gasteiger partial charge >= 0.3 is 5.69 Å². The van der Waals surface area contributed by atoms with E-state index in [2.05, 4.69) is 15.4 Å². The number of aromatic nitrogens is 4. The third-order valence-electron chi connectivity index (χ3n) is 3.64. The van der Waals surface area contributed by atoms with Gasteiger partial charge in [-0.1, -0.05) is 0 Å². The van der Waals surface area contributed by atoms with Crippen LogP contribution in [0.4, 0.5) is 5.69 Å². The molecule has 0 aromatic carbocycles. The van der Waals surface area contributed by atoms with Gasteiger partial charge in [0.15, 0.2) is 0 Å². The number of hydrogen-bond donors (Lipinski definition) is 2. The Balaban J connectivity index is 1.55. The molecule has 0 radical (unpaired) electrons. The van der Waals surface area contributed by atoms with Crippen LogP contribution >= 0.6 is 0 Å². The first-order valence-electron chi connectivity index (χ1n) is 7.33. The molecule has 0 bridgehead atoms. The number of aryl methyl sites for hydroxylation is 1. The Morgan fingerprint density at radius 3 is 3.09 bits per heavy atom. The van der Waals surface area contributed by atoms with Gasteiger partial charge in [-0.2, -0.15) is 5.10 Å². The first kappa shape index (κ1) is 15.2. The number of H-pyrrole nitrogens is 1. The van der Waals surface area contributed by atoms with Crippen LogP contribution in [0.15, 0.2) is 34.2 Å². The van der Waals surface area contributed by atoms with Crippen LogP contribution in [0.1, 0.15) is 18.9 Å². The van der Waals surface area contributed by atoms with Crippen molar-refractivity contribution in [2.45, 2.75) is 25.4 Å². The Morgan fingerprint density at radius 1 is 1.48 bits per heavy atom. The lowest BCUT2D eigenvalue weighted by Crippen LogP contribution is -2.29. The number of carbonyl (C=O) groups is 1. The summed E-state index contributed by atoms with van der Waals surface area (Å²) in [6.45, 7) is 1.54. The fraction of sp³-hybridized carbons (Fsp3) is 0.429. The zero-order valence-corrected chi connectivity index (χ0v) is 12.4. The highest BCUT2D eigenvalue weighted by Gasteiger charge is 2.18. The molecule has 2 aromatic heterocycles. The summed E-state index contributed by atoms with van der Waals surface area (Å²) in [6.07, 6.45) is 5.74. The van der Waals surface area contributed by atoms with Crippen molar-refractivity contribution in [2.75, 3.05) is 18.5 Å². The van der Waals surface area contributed by atoms with E-state index < -0.39 is 11.2 Å². The average Bonchev–Trinajstić information content (AvgIpc) is 3.17. The molecule has 0 spiro atoms. The first-order chi connectivity index (χ1) is 11.1. The van der Waals surface area contributed by atoms with Crippen molar-refractivity contribution in [2.24, 2.45) is 0 Å². The molecular formula is C14H17N5O4. The summed E-state index contributed by atoms with van der Waals surface area (Å²) >= 11 is 0. The third-order valence-corrected chi connectivity index (χ3v) is 3.64.